The number of carboxylic acids is 1. The highest BCUT2D eigenvalue weighted by atomic mass is 35.5. The Kier molecular flexibility index (Phi) is 5.17. The number of rotatable bonds is 4. The lowest BCUT2D eigenvalue weighted by molar-refractivity contribution is -0.142. The Bertz CT molecular complexity index is 116. The van der Waals surface area contributed by atoms with E-state index >= 15 is 0 Å². The van der Waals surface area contributed by atoms with Gasteiger partial charge in [-0.1, -0.05) is 11.6 Å². The number of carboxylic acid groups (broad SMARTS) is 1. The summed E-state index contributed by atoms with van der Waals surface area (Å²) in [6.07, 6.45) is 0. The van der Waals surface area contributed by atoms with Crippen molar-refractivity contribution in [3.05, 3.63) is 0 Å². The number of hydrogen-bond donors (Lipinski definition) is 1. The number of aliphatic carboxylic acids is 1. The minimum atomic E-state index is -1.11. The first-order valence-corrected chi connectivity index (χ1v) is 3.60. The Morgan fingerprint density at radius 2 is 2.00 bits per heavy atom. The molecule has 0 saturated carbocycles. The summed E-state index contributed by atoms with van der Waals surface area (Å²) in [5, 5.41) is 8.07. The molecule has 60 valence electrons. The second-order valence-electron chi connectivity index (χ2n) is 1.39. The van der Waals surface area contributed by atoms with E-state index in [2.05, 4.69) is 4.74 Å². The van der Waals surface area contributed by atoms with Crippen molar-refractivity contribution in [2.24, 2.45) is 0 Å². The van der Waals surface area contributed by atoms with E-state index in [4.69, 9.17) is 39.9 Å². The molecule has 0 aromatic rings. The van der Waals surface area contributed by atoms with Crippen LogP contribution in [0.25, 0.3) is 0 Å². The first-order chi connectivity index (χ1) is 4.54. The van der Waals surface area contributed by atoms with Gasteiger partial charge in [0, 0.05) is 0 Å². The van der Waals surface area contributed by atoms with Gasteiger partial charge in [0.25, 0.3) is 0 Å². The van der Waals surface area contributed by atoms with Gasteiger partial charge in [-0.25, -0.2) is 4.79 Å². The van der Waals surface area contributed by atoms with Crippen LogP contribution in [0.2, 0.25) is 0 Å². The molecule has 10 heavy (non-hydrogen) atoms. The zero-order valence-corrected chi connectivity index (χ0v) is 7.03. The van der Waals surface area contributed by atoms with Gasteiger partial charge >= 0.3 is 5.97 Å². The fourth-order valence-electron chi connectivity index (χ4n) is 0.224. The van der Waals surface area contributed by atoms with Gasteiger partial charge in [0.2, 0.25) is 0 Å². The summed E-state index contributed by atoms with van der Waals surface area (Å²) in [7, 11) is 0. The van der Waals surface area contributed by atoms with E-state index in [-0.39, 0.29) is 0 Å². The summed E-state index contributed by atoms with van der Waals surface area (Å²) in [5.74, 6) is -1.11. The molecule has 3 nitrogen and oxygen atoms in total. The fourth-order valence-corrected chi connectivity index (χ4v) is 0.432. The molecule has 6 heteroatoms. The van der Waals surface area contributed by atoms with Crippen LogP contribution in [0.15, 0.2) is 0 Å². The SMILES string of the molecule is O=C(O)COC(Cl)C(Cl)Cl. The van der Waals surface area contributed by atoms with Crippen molar-refractivity contribution in [2.45, 2.75) is 10.4 Å². The Morgan fingerprint density at radius 1 is 1.50 bits per heavy atom. The van der Waals surface area contributed by atoms with Crippen LogP contribution < -0.4 is 0 Å². The summed E-state index contributed by atoms with van der Waals surface area (Å²) in [6.45, 7) is -0.496. The summed E-state index contributed by atoms with van der Waals surface area (Å²) in [5.41, 5.74) is -0.973. The molecule has 0 aromatic carbocycles. The van der Waals surface area contributed by atoms with Gasteiger partial charge in [-0.3, -0.25) is 0 Å². The molecule has 0 fully saturated rings. The fraction of sp³-hybridized carbons (Fsp3) is 0.750. The number of hydrogen-bond acceptors (Lipinski definition) is 2. The number of carbonyl (C=O) groups is 1. The van der Waals surface area contributed by atoms with E-state index in [0.717, 1.165) is 0 Å². The summed E-state index contributed by atoms with van der Waals surface area (Å²) < 4.78 is 4.47. The standard InChI is InChI=1S/C4H5Cl3O3/c5-3(6)4(7)10-1-2(8)9/h3-4H,1H2,(H,8,9). The van der Waals surface area contributed by atoms with Crippen LogP contribution in [0.4, 0.5) is 0 Å². The molecule has 0 saturated heterocycles. The Morgan fingerprint density at radius 3 is 2.30 bits per heavy atom. The molecular formula is C4H5Cl3O3. The van der Waals surface area contributed by atoms with Crippen LogP contribution in [-0.2, 0) is 9.53 Å². The van der Waals surface area contributed by atoms with E-state index < -0.39 is 23.0 Å². The summed E-state index contributed by atoms with van der Waals surface area (Å²) in [6, 6.07) is 0. The molecule has 0 aliphatic rings. The zero-order valence-electron chi connectivity index (χ0n) is 4.76. The molecule has 0 rings (SSSR count). The van der Waals surface area contributed by atoms with E-state index in [9.17, 15) is 4.79 Å². The maximum Gasteiger partial charge on any atom is 0.329 e. The highest BCUT2D eigenvalue weighted by Crippen LogP contribution is 2.14. The summed E-state index contributed by atoms with van der Waals surface area (Å²) >= 11 is 15.8. The highest BCUT2D eigenvalue weighted by Gasteiger charge is 2.14. The molecule has 0 aliphatic carbocycles. The molecule has 1 atom stereocenters. The van der Waals surface area contributed by atoms with Crippen molar-refractivity contribution >= 4 is 40.8 Å². The van der Waals surface area contributed by atoms with Crippen molar-refractivity contribution in [2.75, 3.05) is 6.61 Å². The largest absolute Gasteiger partial charge is 0.480 e. The summed E-state index contributed by atoms with van der Waals surface area (Å²) in [4.78, 5) is 8.94. The van der Waals surface area contributed by atoms with Gasteiger partial charge in [-0.15, -0.1) is 23.2 Å². The molecule has 0 aromatic heterocycles. The minimum absolute atomic E-state index is 0.496. The van der Waals surface area contributed by atoms with Gasteiger partial charge in [-0.05, 0) is 0 Å². The van der Waals surface area contributed by atoms with Gasteiger partial charge in [0.05, 0.1) is 0 Å². The molecule has 0 radical (unpaired) electrons. The third kappa shape index (κ3) is 5.11. The smallest absolute Gasteiger partial charge is 0.329 e. The molecule has 0 bridgehead atoms. The molecule has 0 aliphatic heterocycles. The lowest BCUT2D eigenvalue weighted by Gasteiger charge is -2.08. The van der Waals surface area contributed by atoms with E-state index in [0.29, 0.717) is 0 Å². The van der Waals surface area contributed by atoms with Gasteiger partial charge in [0.1, 0.15) is 11.4 Å². The van der Waals surface area contributed by atoms with E-state index in [1.165, 1.54) is 0 Å². The second kappa shape index (κ2) is 5.02. The number of halogens is 3. The third-order valence-electron chi connectivity index (χ3n) is 0.564. The quantitative estimate of drug-likeness (QED) is 0.710. The molecule has 1 unspecified atom stereocenters. The maximum atomic E-state index is 9.86. The third-order valence-corrected chi connectivity index (χ3v) is 1.66. The molecular weight excluding hydrogens is 202 g/mol. The van der Waals surface area contributed by atoms with Crippen molar-refractivity contribution in [1.29, 1.82) is 0 Å². The number of ether oxygens (including phenoxy) is 1. The predicted molar refractivity (Wildman–Crippen MR) is 38.7 cm³/mol. The minimum Gasteiger partial charge on any atom is -0.480 e. The van der Waals surface area contributed by atoms with E-state index in [1.807, 2.05) is 0 Å². The van der Waals surface area contributed by atoms with Crippen LogP contribution in [-0.4, -0.2) is 28.1 Å². The Hall–Kier alpha value is 0.300. The van der Waals surface area contributed by atoms with Crippen LogP contribution in [0.3, 0.4) is 0 Å². The zero-order chi connectivity index (χ0) is 8.15. The van der Waals surface area contributed by atoms with Crippen molar-refractivity contribution < 1.29 is 14.6 Å². The monoisotopic (exact) mass is 206 g/mol. The Balaban J connectivity index is 3.39. The average molecular weight is 207 g/mol. The first-order valence-electron chi connectivity index (χ1n) is 2.29. The van der Waals surface area contributed by atoms with Gasteiger partial charge in [-0.2, -0.15) is 0 Å². The average Bonchev–Trinajstić information content (AvgIpc) is 1.82. The normalized spacial score (nSPS) is 13.6. The van der Waals surface area contributed by atoms with Crippen molar-refractivity contribution in [3.63, 3.8) is 0 Å². The maximum absolute atomic E-state index is 9.86. The second-order valence-corrected chi connectivity index (χ2v) is 2.98. The molecule has 0 amide bonds. The van der Waals surface area contributed by atoms with Gasteiger partial charge in [0.15, 0.2) is 5.56 Å². The van der Waals surface area contributed by atoms with Crippen molar-refractivity contribution in [3.8, 4) is 0 Å². The predicted octanol–water partition coefficient (Wildman–Crippen LogP) is 1.46. The van der Waals surface area contributed by atoms with Crippen molar-refractivity contribution in [1.82, 2.24) is 0 Å². The molecule has 0 spiro atoms. The van der Waals surface area contributed by atoms with Crippen LogP contribution in [0.5, 0.6) is 0 Å². The van der Waals surface area contributed by atoms with Gasteiger partial charge < -0.3 is 9.84 Å². The lowest BCUT2D eigenvalue weighted by Crippen LogP contribution is -2.18. The Labute approximate surface area is 72.8 Å². The first kappa shape index (κ1) is 10.3. The molecule has 1 N–H and O–H groups in total. The molecule has 0 heterocycles. The topological polar surface area (TPSA) is 46.5 Å². The van der Waals surface area contributed by atoms with E-state index in [1.54, 1.807) is 0 Å². The highest BCUT2D eigenvalue weighted by molar-refractivity contribution is 6.48. The van der Waals surface area contributed by atoms with Crippen LogP contribution in [0.1, 0.15) is 0 Å². The number of alkyl halides is 3. The van der Waals surface area contributed by atoms with Crippen LogP contribution in [0, 0.1) is 0 Å². The van der Waals surface area contributed by atoms with Crippen LogP contribution >= 0.6 is 34.8 Å². The lowest BCUT2D eigenvalue weighted by atomic mass is 10.7.